The molecule has 0 spiro atoms. The first-order valence-corrected chi connectivity index (χ1v) is 10.8. The van der Waals surface area contributed by atoms with E-state index in [0.717, 1.165) is 11.8 Å². The molecule has 2 bridgehead atoms. The van der Waals surface area contributed by atoms with Crippen molar-refractivity contribution in [2.75, 3.05) is 5.75 Å². The van der Waals surface area contributed by atoms with Gasteiger partial charge in [0.1, 0.15) is 0 Å². The first kappa shape index (κ1) is 18.5. The molecule has 0 saturated heterocycles. The first-order valence-electron chi connectivity index (χ1n) is 9.84. The molecule has 1 N–H and O–H groups in total. The molecular formula is C20H26N4O2S. The van der Waals surface area contributed by atoms with Crippen LogP contribution in [0.4, 0.5) is 0 Å². The number of nitrogens with zero attached hydrogens (tertiary/aromatic N) is 3. The van der Waals surface area contributed by atoms with E-state index in [1.807, 2.05) is 6.92 Å². The van der Waals surface area contributed by atoms with E-state index < -0.39 is 0 Å². The van der Waals surface area contributed by atoms with E-state index in [4.69, 9.17) is 0 Å². The van der Waals surface area contributed by atoms with Gasteiger partial charge in [-0.05, 0) is 63.0 Å². The molecule has 0 aliphatic heterocycles. The van der Waals surface area contributed by atoms with Crippen LogP contribution < -0.4 is 10.9 Å². The number of fused-ring (bicyclic) bond motifs is 3. The molecule has 2 saturated carbocycles. The second-order valence-electron chi connectivity index (χ2n) is 7.80. The minimum atomic E-state index is -0.103. The molecule has 6 nitrogen and oxygen atoms in total. The fourth-order valence-corrected chi connectivity index (χ4v) is 5.73. The van der Waals surface area contributed by atoms with Crippen molar-refractivity contribution in [3.8, 4) is 0 Å². The lowest BCUT2D eigenvalue weighted by Crippen LogP contribution is -2.41. The number of hydrogen-bond acceptors (Lipinski definition) is 5. The van der Waals surface area contributed by atoms with Crippen LogP contribution in [-0.4, -0.2) is 32.2 Å². The van der Waals surface area contributed by atoms with Gasteiger partial charge >= 0.3 is 0 Å². The number of pyridine rings is 1. The third-order valence-corrected chi connectivity index (χ3v) is 7.14. The lowest BCUT2D eigenvalue weighted by Gasteiger charge is -2.28. The minimum absolute atomic E-state index is 0.00768. The van der Waals surface area contributed by atoms with Crippen molar-refractivity contribution in [1.29, 1.82) is 0 Å². The van der Waals surface area contributed by atoms with Gasteiger partial charge in [0, 0.05) is 18.8 Å². The summed E-state index contributed by atoms with van der Waals surface area (Å²) in [6, 6.07) is 3.69. The SMILES string of the molecule is CCn1c(SCC(=O)NC(C)C2CC3CCC2C3)nc2ncccc2c1=O. The predicted molar refractivity (Wildman–Crippen MR) is 107 cm³/mol. The average molecular weight is 387 g/mol. The molecule has 144 valence electrons. The van der Waals surface area contributed by atoms with E-state index in [1.54, 1.807) is 22.9 Å². The molecule has 2 aliphatic rings. The Labute approximate surface area is 163 Å². The van der Waals surface area contributed by atoms with Crippen LogP contribution >= 0.6 is 11.8 Å². The summed E-state index contributed by atoms with van der Waals surface area (Å²) in [5, 5.41) is 4.24. The Morgan fingerprint density at radius 2 is 2.26 bits per heavy atom. The van der Waals surface area contributed by atoms with Crippen LogP contribution in [-0.2, 0) is 11.3 Å². The Kier molecular flexibility index (Phi) is 5.21. The Morgan fingerprint density at radius 1 is 1.41 bits per heavy atom. The van der Waals surface area contributed by atoms with Gasteiger partial charge in [0.2, 0.25) is 5.91 Å². The van der Waals surface area contributed by atoms with Crippen LogP contribution in [0.1, 0.15) is 39.5 Å². The third-order valence-electron chi connectivity index (χ3n) is 6.17. The highest BCUT2D eigenvalue weighted by molar-refractivity contribution is 7.99. The zero-order valence-electron chi connectivity index (χ0n) is 15.9. The van der Waals surface area contributed by atoms with Gasteiger partial charge in [0.05, 0.1) is 11.1 Å². The van der Waals surface area contributed by atoms with Gasteiger partial charge in [-0.1, -0.05) is 18.2 Å². The van der Waals surface area contributed by atoms with Crippen LogP contribution in [0.3, 0.4) is 0 Å². The molecule has 2 heterocycles. The monoisotopic (exact) mass is 386 g/mol. The molecule has 7 heteroatoms. The Hall–Kier alpha value is -1.89. The highest BCUT2D eigenvalue weighted by atomic mass is 32.2. The van der Waals surface area contributed by atoms with Crippen molar-refractivity contribution in [3.63, 3.8) is 0 Å². The van der Waals surface area contributed by atoms with Gasteiger partial charge < -0.3 is 5.32 Å². The Balaban J connectivity index is 1.42. The first-order chi connectivity index (χ1) is 13.1. The lowest BCUT2D eigenvalue weighted by molar-refractivity contribution is -0.119. The molecule has 4 unspecified atom stereocenters. The molecule has 27 heavy (non-hydrogen) atoms. The molecule has 1 amide bonds. The maximum atomic E-state index is 12.6. The number of amides is 1. The van der Waals surface area contributed by atoms with Crippen LogP contribution in [0.25, 0.3) is 11.0 Å². The van der Waals surface area contributed by atoms with Crippen LogP contribution in [0.2, 0.25) is 0 Å². The summed E-state index contributed by atoms with van der Waals surface area (Å²) in [6.07, 6.45) is 6.92. The normalized spacial score (nSPS) is 25.0. The summed E-state index contributed by atoms with van der Waals surface area (Å²) in [7, 11) is 0. The average Bonchev–Trinajstić information content (AvgIpc) is 3.30. The van der Waals surface area contributed by atoms with Gasteiger partial charge in [-0.3, -0.25) is 14.2 Å². The number of carbonyl (C=O) groups is 1. The maximum Gasteiger partial charge on any atom is 0.263 e. The van der Waals surface area contributed by atoms with E-state index in [-0.39, 0.29) is 23.3 Å². The minimum Gasteiger partial charge on any atom is -0.353 e. The molecule has 0 radical (unpaired) electrons. The molecule has 0 aromatic carbocycles. The van der Waals surface area contributed by atoms with Crippen molar-refractivity contribution >= 4 is 28.7 Å². The summed E-state index contributed by atoms with van der Waals surface area (Å²) in [4.78, 5) is 33.8. The van der Waals surface area contributed by atoms with Gasteiger partial charge in [-0.25, -0.2) is 9.97 Å². The molecule has 4 rings (SSSR count). The number of nitrogens with one attached hydrogen (secondary N) is 1. The van der Waals surface area contributed by atoms with E-state index in [9.17, 15) is 9.59 Å². The predicted octanol–water partition coefficient (Wildman–Crippen LogP) is 2.84. The maximum absolute atomic E-state index is 12.6. The third kappa shape index (κ3) is 3.61. The van der Waals surface area contributed by atoms with Crippen LogP contribution in [0.15, 0.2) is 28.3 Å². The van der Waals surface area contributed by atoms with Crippen molar-refractivity contribution in [2.45, 2.75) is 57.3 Å². The van der Waals surface area contributed by atoms with Gasteiger partial charge in [-0.15, -0.1) is 0 Å². The number of hydrogen-bond donors (Lipinski definition) is 1. The smallest absolute Gasteiger partial charge is 0.263 e. The molecule has 4 atom stereocenters. The molecule has 2 aliphatic carbocycles. The summed E-state index contributed by atoms with van der Waals surface area (Å²) in [5.41, 5.74) is 0.333. The fraction of sp³-hybridized carbons (Fsp3) is 0.600. The molecule has 2 aromatic rings. The van der Waals surface area contributed by atoms with Crippen LogP contribution in [0.5, 0.6) is 0 Å². The van der Waals surface area contributed by atoms with Gasteiger partial charge in [0.25, 0.3) is 5.56 Å². The molecular weight excluding hydrogens is 360 g/mol. The van der Waals surface area contributed by atoms with Crippen molar-refractivity contribution in [2.24, 2.45) is 17.8 Å². The largest absolute Gasteiger partial charge is 0.353 e. The van der Waals surface area contributed by atoms with E-state index >= 15 is 0 Å². The van der Waals surface area contributed by atoms with Gasteiger partial charge in [-0.2, -0.15) is 0 Å². The number of thioether (sulfide) groups is 1. The van der Waals surface area contributed by atoms with E-state index in [0.29, 0.717) is 28.7 Å². The standard InChI is InChI=1S/C20H26N4O2S/c1-3-24-19(26)15-5-4-8-21-18(15)23-20(24)27-11-17(25)22-12(2)16-10-13-6-7-14(16)9-13/h4-5,8,12-14,16H,3,6-7,9-11H2,1-2H3,(H,22,25). The van der Waals surface area contributed by atoms with E-state index in [2.05, 4.69) is 22.2 Å². The number of rotatable bonds is 6. The zero-order valence-corrected chi connectivity index (χ0v) is 16.7. The summed E-state index contributed by atoms with van der Waals surface area (Å²) in [5.74, 6) is 2.55. The van der Waals surface area contributed by atoms with Crippen LogP contribution in [0, 0.1) is 17.8 Å². The highest BCUT2D eigenvalue weighted by Crippen LogP contribution is 2.49. The summed E-state index contributed by atoms with van der Waals surface area (Å²) < 4.78 is 1.61. The fourth-order valence-electron chi connectivity index (χ4n) is 4.86. The topological polar surface area (TPSA) is 76.9 Å². The molecule has 2 aromatic heterocycles. The van der Waals surface area contributed by atoms with E-state index in [1.165, 1.54) is 37.4 Å². The number of aromatic nitrogens is 3. The van der Waals surface area contributed by atoms with Crippen molar-refractivity contribution < 1.29 is 4.79 Å². The summed E-state index contributed by atoms with van der Waals surface area (Å²) >= 11 is 1.31. The van der Waals surface area contributed by atoms with Crippen molar-refractivity contribution in [3.05, 3.63) is 28.7 Å². The molecule has 2 fully saturated rings. The quantitative estimate of drug-likeness (QED) is 0.610. The Morgan fingerprint density at radius 3 is 2.96 bits per heavy atom. The summed E-state index contributed by atoms with van der Waals surface area (Å²) in [6.45, 7) is 4.56. The second-order valence-corrected chi connectivity index (χ2v) is 8.74. The lowest BCUT2D eigenvalue weighted by atomic mass is 9.84. The second kappa shape index (κ2) is 7.62. The van der Waals surface area contributed by atoms with Gasteiger partial charge in [0.15, 0.2) is 10.8 Å². The number of carbonyl (C=O) groups excluding carboxylic acids is 1. The zero-order chi connectivity index (χ0) is 19.0. The van der Waals surface area contributed by atoms with Crippen molar-refractivity contribution in [1.82, 2.24) is 19.9 Å². The Bertz CT molecular complexity index is 912. The highest BCUT2D eigenvalue weighted by Gasteiger charge is 2.42.